The average Bonchev–Trinajstić information content (AvgIpc) is 2.25. The van der Waals surface area contributed by atoms with E-state index in [2.05, 4.69) is 11.1 Å². The van der Waals surface area contributed by atoms with Gasteiger partial charge in [0, 0.05) is 6.07 Å². The molecule has 3 N–H and O–H groups in total. The van der Waals surface area contributed by atoms with Gasteiger partial charge in [-0.2, -0.15) is 5.26 Å². The number of thioether (sulfide) groups is 1. The second-order valence-corrected chi connectivity index (χ2v) is 4.80. The molecule has 6 heteroatoms. The molecule has 0 saturated carbocycles. The third-order valence-electron chi connectivity index (χ3n) is 2.13. The quantitative estimate of drug-likeness (QED) is 0.778. The van der Waals surface area contributed by atoms with Crippen molar-refractivity contribution in [2.45, 2.75) is 24.8 Å². The molecule has 0 bridgehead atoms. The monoisotopic (exact) mass is 251 g/mol. The van der Waals surface area contributed by atoms with Crippen LogP contribution >= 0.6 is 11.8 Å². The van der Waals surface area contributed by atoms with E-state index in [1.54, 1.807) is 0 Å². The average molecular weight is 251 g/mol. The summed E-state index contributed by atoms with van der Waals surface area (Å²) in [5.41, 5.74) is 5.85. The molecule has 1 heterocycles. The van der Waals surface area contributed by atoms with Crippen molar-refractivity contribution in [2.24, 2.45) is 5.73 Å². The van der Waals surface area contributed by atoms with Gasteiger partial charge < -0.3 is 10.7 Å². The number of rotatable bonds is 4. The molecule has 90 valence electrons. The normalized spacial score (nSPS) is 10.2. The zero-order valence-corrected chi connectivity index (χ0v) is 10.4. The van der Waals surface area contributed by atoms with Crippen molar-refractivity contribution in [1.29, 1.82) is 5.26 Å². The van der Waals surface area contributed by atoms with E-state index in [0.717, 1.165) is 11.8 Å². The highest BCUT2D eigenvalue weighted by atomic mass is 32.2. The summed E-state index contributed by atoms with van der Waals surface area (Å²) in [6.07, 6.45) is 0. The number of hydrogen-bond donors (Lipinski definition) is 2. The number of carbonyl (C=O) groups excluding carboxylic acids is 1. The van der Waals surface area contributed by atoms with Crippen LogP contribution in [0, 0.1) is 11.3 Å². The van der Waals surface area contributed by atoms with Gasteiger partial charge in [0.2, 0.25) is 11.5 Å². The summed E-state index contributed by atoms with van der Waals surface area (Å²) < 4.78 is 0. The van der Waals surface area contributed by atoms with Crippen molar-refractivity contribution < 1.29 is 4.79 Å². The number of nitrogens with two attached hydrogens (primary N) is 1. The van der Waals surface area contributed by atoms with Crippen molar-refractivity contribution in [3.8, 4) is 6.07 Å². The van der Waals surface area contributed by atoms with E-state index in [9.17, 15) is 9.59 Å². The van der Waals surface area contributed by atoms with Crippen molar-refractivity contribution >= 4 is 17.7 Å². The van der Waals surface area contributed by atoms with E-state index in [4.69, 9.17) is 11.0 Å². The van der Waals surface area contributed by atoms with Crippen molar-refractivity contribution in [3.63, 3.8) is 0 Å². The Hall–Kier alpha value is -1.74. The maximum atomic E-state index is 11.4. The molecule has 0 aliphatic heterocycles. The summed E-state index contributed by atoms with van der Waals surface area (Å²) in [6.45, 7) is 3.80. The Morgan fingerprint density at radius 3 is 2.76 bits per heavy atom. The lowest BCUT2D eigenvalue weighted by Gasteiger charge is -2.10. The first-order valence-electron chi connectivity index (χ1n) is 5.04. The minimum absolute atomic E-state index is 0.0339. The fourth-order valence-corrected chi connectivity index (χ4v) is 2.14. The standard InChI is InChI=1S/C11H13N3O2S/c1-6(2)7-3-10(16)14-11(8(7)4-12)17-5-9(13)15/h3,6H,5H2,1-2H3,(H2,13,15)(H,14,16). The van der Waals surface area contributed by atoms with E-state index in [1.807, 2.05) is 13.8 Å². The molecule has 1 amide bonds. The van der Waals surface area contributed by atoms with Gasteiger partial charge in [-0.3, -0.25) is 9.59 Å². The summed E-state index contributed by atoms with van der Waals surface area (Å²) in [7, 11) is 0. The summed E-state index contributed by atoms with van der Waals surface area (Å²) in [5, 5.41) is 9.51. The van der Waals surface area contributed by atoms with Gasteiger partial charge in [-0.25, -0.2) is 0 Å². The van der Waals surface area contributed by atoms with Crippen molar-refractivity contribution in [1.82, 2.24) is 4.98 Å². The largest absolute Gasteiger partial charge is 0.369 e. The van der Waals surface area contributed by atoms with Crippen LogP contribution in [0.15, 0.2) is 15.9 Å². The van der Waals surface area contributed by atoms with Gasteiger partial charge >= 0.3 is 0 Å². The topological polar surface area (TPSA) is 99.7 Å². The number of H-pyrrole nitrogens is 1. The van der Waals surface area contributed by atoms with E-state index in [-0.39, 0.29) is 17.2 Å². The molecule has 5 nitrogen and oxygen atoms in total. The van der Waals surface area contributed by atoms with Crippen LogP contribution in [0.1, 0.15) is 30.9 Å². The number of carbonyl (C=O) groups is 1. The molecule has 0 saturated heterocycles. The minimum atomic E-state index is -0.491. The molecule has 0 spiro atoms. The van der Waals surface area contributed by atoms with E-state index >= 15 is 0 Å². The number of nitrogens with one attached hydrogen (secondary N) is 1. The lowest BCUT2D eigenvalue weighted by molar-refractivity contribution is -0.115. The summed E-state index contributed by atoms with van der Waals surface area (Å²) in [4.78, 5) is 24.7. The zero-order valence-electron chi connectivity index (χ0n) is 9.61. The number of aromatic nitrogens is 1. The number of amides is 1. The van der Waals surface area contributed by atoms with Crippen molar-refractivity contribution in [2.75, 3.05) is 5.75 Å². The fourth-order valence-electron chi connectivity index (χ4n) is 1.38. The maximum Gasteiger partial charge on any atom is 0.249 e. The number of primary amides is 1. The molecule has 17 heavy (non-hydrogen) atoms. The van der Waals surface area contributed by atoms with Gasteiger partial charge in [0.15, 0.2) is 0 Å². The Morgan fingerprint density at radius 2 is 2.29 bits per heavy atom. The van der Waals surface area contributed by atoms with Gasteiger partial charge in [-0.05, 0) is 11.5 Å². The number of nitrogens with zero attached hydrogens (tertiary/aromatic N) is 1. The lowest BCUT2D eigenvalue weighted by Crippen LogP contribution is -2.15. The van der Waals surface area contributed by atoms with Gasteiger partial charge in [0.1, 0.15) is 6.07 Å². The van der Waals surface area contributed by atoms with Gasteiger partial charge in [0.05, 0.1) is 16.3 Å². The van der Waals surface area contributed by atoms with E-state index in [0.29, 0.717) is 16.2 Å². The molecule has 1 aromatic rings. The van der Waals surface area contributed by atoms with Crippen LogP contribution in [0.3, 0.4) is 0 Å². The molecule has 0 atom stereocenters. The summed E-state index contributed by atoms with van der Waals surface area (Å²) in [6, 6.07) is 3.47. The molecule has 1 aromatic heterocycles. The Labute approximate surface area is 103 Å². The first-order valence-corrected chi connectivity index (χ1v) is 6.02. The molecule has 0 aliphatic carbocycles. The van der Waals surface area contributed by atoms with Crippen LogP contribution in [-0.2, 0) is 4.79 Å². The maximum absolute atomic E-state index is 11.4. The molecule has 0 unspecified atom stereocenters. The lowest BCUT2D eigenvalue weighted by atomic mass is 10.00. The van der Waals surface area contributed by atoms with Crippen LogP contribution in [0.25, 0.3) is 0 Å². The first-order chi connectivity index (χ1) is 7.95. The molecule has 0 fully saturated rings. The van der Waals surface area contributed by atoms with Crippen LogP contribution in [0.4, 0.5) is 0 Å². The molecule has 0 radical (unpaired) electrons. The Kier molecular flexibility index (Phi) is 4.35. The van der Waals surface area contributed by atoms with Gasteiger partial charge in [-0.1, -0.05) is 25.6 Å². The van der Waals surface area contributed by atoms with E-state index < -0.39 is 5.91 Å². The highest BCUT2D eigenvalue weighted by Crippen LogP contribution is 2.25. The highest BCUT2D eigenvalue weighted by Gasteiger charge is 2.14. The SMILES string of the molecule is CC(C)c1cc(=O)[nH]c(SCC(N)=O)c1C#N. The van der Waals surface area contributed by atoms with Crippen LogP contribution in [0.2, 0.25) is 0 Å². The number of aromatic amines is 1. The second-order valence-electron chi connectivity index (χ2n) is 3.81. The van der Waals surface area contributed by atoms with Crippen molar-refractivity contribution in [3.05, 3.63) is 27.5 Å². The van der Waals surface area contributed by atoms with Crippen LogP contribution in [-0.4, -0.2) is 16.6 Å². The number of hydrogen-bond acceptors (Lipinski definition) is 4. The molecule has 1 rings (SSSR count). The predicted octanol–water partition coefficient (Wildman–Crippen LogP) is 0.947. The summed E-state index contributed by atoms with van der Waals surface area (Å²) >= 11 is 1.07. The highest BCUT2D eigenvalue weighted by molar-refractivity contribution is 7.99. The third-order valence-corrected chi connectivity index (χ3v) is 3.16. The predicted molar refractivity (Wildman–Crippen MR) is 65.8 cm³/mol. The zero-order chi connectivity index (χ0) is 13.0. The van der Waals surface area contributed by atoms with Crippen LogP contribution in [0.5, 0.6) is 0 Å². The fraction of sp³-hybridized carbons (Fsp3) is 0.364. The molecular formula is C11H13N3O2S. The molecular weight excluding hydrogens is 238 g/mol. The number of nitriles is 1. The smallest absolute Gasteiger partial charge is 0.249 e. The van der Waals surface area contributed by atoms with Gasteiger partial charge in [-0.15, -0.1) is 0 Å². The minimum Gasteiger partial charge on any atom is -0.369 e. The van der Waals surface area contributed by atoms with E-state index in [1.165, 1.54) is 6.07 Å². The van der Waals surface area contributed by atoms with Crippen LogP contribution < -0.4 is 11.3 Å². The Morgan fingerprint density at radius 1 is 1.65 bits per heavy atom. The second kappa shape index (κ2) is 5.55. The number of pyridine rings is 1. The molecule has 0 aromatic carbocycles. The first kappa shape index (κ1) is 13.3. The molecule has 0 aliphatic rings. The third kappa shape index (κ3) is 3.36. The summed E-state index contributed by atoms with van der Waals surface area (Å²) in [5.74, 6) is -0.388. The Bertz CT molecular complexity index is 528. The Balaban J connectivity index is 3.24. The van der Waals surface area contributed by atoms with Gasteiger partial charge in [0.25, 0.3) is 0 Å².